The lowest BCUT2D eigenvalue weighted by atomic mass is 9.96. The van der Waals surface area contributed by atoms with Crippen LogP contribution in [0.25, 0.3) is 22.2 Å². The van der Waals surface area contributed by atoms with Gasteiger partial charge in [-0.2, -0.15) is 0 Å². The minimum absolute atomic E-state index is 0.0725. The van der Waals surface area contributed by atoms with Crippen LogP contribution in [-0.2, 0) is 0 Å². The fraction of sp³-hybridized carbons (Fsp3) is 0.304. The lowest BCUT2D eigenvalue weighted by Crippen LogP contribution is -2.42. The summed E-state index contributed by atoms with van der Waals surface area (Å²) in [4.78, 5) is 20.4. The van der Waals surface area contributed by atoms with Crippen LogP contribution in [0.3, 0.4) is 0 Å². The first-order valence-electron chi connectivity index (χ1n) is 9.19. The fourth-order valence-electron chi connectivity index (χ4n) is 3.65. The maximum Gasteiger partial charge on any atom is 0.255 e. The van der Waals surface area contributed by atoms with Gasteiger partial charge in [-0.15, -0.1) is 0 Å². The smallest absolute Gasteiger partial charge is 0.255 e. The predicted molar refractivity (Wildman–Crippen MR) is 108 cm³/mol. The highest BCUT2D eigenvalue weighted by Gasteiger charge is 2.26. The molecule has 0 aliphatic rings. The van der Waals surface area contributed by atoms with Gasteiger partial charge in [-0.1, -0.05) is 48.5 Å². The third-order valence-corrected chi connectivity index (χ3v) is 4.74. The van der Waals surface area contributed by atoms with Crippen LogP contribution in [0.1, 0.15) is 43.6 Å². The van der Waals surface area contributed by atoms with Crippen molar-refractivity contribution in [3.8, 4) is 11.3 Å². The van der Waals surface area contributed by atoms with Crippen LogP contribution in [0.5, 0.6) is 0 Å². The van der Waals surface area contributed by atoms with Crippen molar-refractivity contribution in [1.29, 1.82) is 0 Å². The topological polar surface area (TPSA) is 33.2 Å². The lowest BCUT2D eigenvalue weighted by molar-refractivity contribution is 0.0645. The van der Waals surface area contributed by atoms with Crippen molar-refractivity contribution in [1.82, 2.24) is 9.88 Å². The first kappa shape index (κ1) is 18.1. The Bertz CT molecular complexity index is 922. The van der Waals surface area contributed by atoms with Gasteiger partial charge in [0.15, 0.2) is 0 Å². The van der Waals surface area contributed by atoms with Crippen LogP contribution >= 0.6 is 0 Å². The number of rotatable bonds is 4. The molecule has 0 radical (unpaired) electrons. The number of fused-ring (bicyclic) bond motifs is 1. The molecular formula is C23H26N2O. The molecule has 1 heterocycles. The Labute approximate surface area is 155 Å². The van der Waals surface area contributed by atoms with Gasteiger partial charge < -0.3 is 4.90 Å². The monoisotopic (exact) mass is 346 g/mol. The van der Waals surface area contributed by atoms with E-state index in [4.69, 9.17) is 4.98 Å². The van der Waals surface area contributed by atoms with E-state index in [0.717, 1.165) is 33.3 Å². The predicted octanol–water partition coefficient (Wildman–Crippen LogP) is 5.47. The molecule has 0 atom stereocenters. The first-order valence-corrected chi connectivity index (χ1v) is 9.19. The largest absolute Gasteiger partial charge is 0.334 e. The first-order chi connectivity index (χ1) is 12.4. The zero-order valence-electron chi connectivity index (χ0n) is 16.2. The summed E-state index contributed by atoms with van der Waals surface area (Å²) < 4.78 is 0. The van der Waals surface area contributed by atoms with Gasteiger partial charge in [0.05, 0.1) is 16.8 Å². The molecule has 0 unspecified atom stereocenters. The number of hydrogen-bond donors (Lipinski definition) is 0. The third-order valence-electron chi connectivity index (χ3n) is 4.74. The maximum absolute atomic E-state index is 13.5. The third kappa shape index (κ3) is 3.22. The fourth-order valence-corrected chi connectivity index (χ4v) is 3.65. The van der Waals surface area contributed by atoms with Crippen LogP contribution < -0.4 is 0 Å². The molecule has 2 aromatic carbocycles. The Balaban J connectivity index is 2.30. The zero-order chi connectivity index (χ0) is 18.8. The second kappa shape index (κ2) is 7.28. The van der Waals surface area contributed by atoms with E-state index in [1.807, 2.05) is 66.4 Å². The van der Waals surface area contributed by atoms with Crippen molar-refractivity contribution in [2.24, 2.45) is 0 Å². The average Bonchev–Trinajstić information content (AvgIpc) is 2.61. The Kier molecular flexibility index (Phi) is 5.08. The number of carbonyl (C=O) groups is 1. The Morgan fingerprint density at radius 1 is 0.885 bits per heavy atom. The SMILES string of the molecule is Cc1c(-c2ccccc2)nc2ccccc2c1C(=O)N(C(C)C)C(C)C. The highest BCUT2D eigenvalue weighted by Crippen LogP contribution is 2.31. The Morgan fingerprint density at radius 2 is 1.46 bits per heavy atom. The van der Waals surface area contributed by atoms with Crippen LogP contribution in [0.15, 0.2) is 54.6 Å². The molecule has 0 N–H and O–H groups in total. The van der Waals surface area contributed by atoms with Crippen LogP contribution in [0.2, 0.25) is 0 Å². The summed E-state index contributed by atoms with van der Waals surface area (Å²) in [6, 6.07) is 18.3. The van der Waals surface area contributed by atoms with Crippen molar-refractivity contribution in [3.05, 3.63) is 65.7 Å². The number of para-hydroxylation sites is 1. The highest BCUT2D eigenvalue weighted by molar-refractivity contribution is 6.09. The number of aromatic nitrogens is 1. The van der Waals surface area contributed by atoms with Gasteiger partial charge >= 0.3 is 0 Å². The Hall–Kier alpha value is -2.68. The number of carbonyl (C=O) groups excluding carboxylic acids is 1. The average molecular weight is 346 g/mol. The molecule has 3 heteroatoms. The molecule has 134 valence electrons. The summed E-state index contributed by atoms with van der Waals surface area (Å²) in [6.07, 6.45) is 0. The molecule has 1 aromatic heterocycles. The van der Waals surface area contributed by atoms with Crippen molar-refractivity contribution in [2.45, 2.75) is 46.7 Å². The minimum atomic E-state index is 0.0725. The number of amides is 1. The van der Waals surface area contributed by atoms with Gasteiger partial charge in [0.25, 0.3) is 5.91 Å². The quantitative estimate of drug-likeness (QED) is 0.627. The van der Waals surface area contributed by atoms with Gasteiger partial charge in [-0.3, -0.25) is 4.79 Å². The molecule has 1 amide bonds. The molecule has 0 saturated carbocycles. The van der Waals surface area contributed by atoms with E-state index in [1.165, 1.54) is 0 Å². The van der Waals surface area contributed by atoms with E-state index < -0.39 is 0 Å². The van der Waals surface area contributed by atoms with Crippen molar-refractivity contribution in [3.63, 3.8) is 0 Å². The van der Waals surface area contributed by atoms with Gasteiger partial charge in [0, 0.05) is 23.0 Å². The van der Waals surface area contributed by atoms with Gasteiger partial charge in [0.1, 0.15) is 0 Å². The molecule has 26 heavy (non-hydrogen) atoms. The summed E-state index contributed by atoms with van der Waals surface area (Å²) in [5.74, 6) is 0.0725. The van der Waals surface area contributed by atoms with Gasteiger partial charge in [-0.25, -0.2) is 4.98 Å². The van der Waals surface area contributed by atoms with Crippen molar-refractivity contribution in [2.75, 3.05) is 0 Å². The number of nitrogens with zero attached hydrogens (tertiary/aromatic N) is 2. The number of hydrogen-bond acceptors (Lipinski definition) is 2. The van der Waals surface area contributed by atoms with Crippen LogP contribution in [0, 0.1) is 6.92 Å². The highest BCUT2D eigenvalue weighted by atomic mass is 16.2. The number of pyridine rings is 1. The van der Waals surface area contributed by atoms with Crippen LogP contribution in [0.4, 0.5) is 0 Å². The van der Waals surface area contributed by atoms with E-state index in [1.54, 1.807) is 0 Å². The van der Waals surface area contributed by atoms with Crippen LogP contribution in [-0.4, -0.2) is 27.9 Å². The molecule has 3 rings (SSSR count). The van der Waals surface area contributed by atoms with E-state index in [0.29, 0.717) is 0 Å². The number of benzene rings is 2. The zero-order valence-corrected chi connectivity index (χ0v) is 16.2. The minimum Gasteiger partial charge on any atom is -0.334 e. The maximum atomic E-state index is 13.5. The standard InChI is InChI=1S/C23H26N2O/c1-15(2)25(16(3)4)23(26)21-17(5)22(18-11-7-6-8-12-18)24-20-14-10-9-13-19(20)21/h6-16H,1-5H3. The van der Waals surface area contributed by atoms with E-state index in [9.17, 15) is 4.79 Å². The molecule has 3 nitrogen and oxygen atoms in total. The van der Waals surface area contributed by atoms with E-state index in [2.05, 4.69) is 27.7 Å². The molecule has 0 aliphatic heterocycles. The lowest BCUT2D eigenvalue weighted by Gasteiger charge is -2.32. The molecule has 0 spiro atoms. The summed E-state index contributed by atoms with van der Waals surface area (Å²) >= 11 is 0. The summed E-state index contributed by atoms with van der Waals surface area (Å²) in [6.45, 7) is 10.3. The Morgan fingerprint density at radius 3 is 2.08 bits per heavy atom. The van der Waals surface area contributed by atoms with Crippen molar-refractivity contribution >= 4 is 16.8 Å². The van der Waals surface area contributed by atoms with Gasteiger partial charge in [0.2, 0.25) is 0 Å². The molecule has 0 saturated heterocycles. The van der Waals surface area contributed by atoms with Gasteiger partial charge in [-0.05, 0) is 46.2 Å². The summed E-state index contributed by atoms with van der Waals surface area (Å²) in [5, 5.41) is 0.918. The van der Waals surface area contributed by atoms with E-state index in [-0.39, 0.29) is 18.0 Å². The van der Waals surface area contributed by atoms with Crippen molar-refractivity contribution < 1.29 is 4.79 Å². The second-order valence-electron chi connectivity index (χ2n) is 7.24. The molecule has 0 bridgehead atoms. The molecule has 3 aromatic rings. The van der Waals surface area contributed by atoms with E-state index >= 15 is 0 Å². The summed E-state index contributed by atoms with van der Waals surface area (Å²) in [5.41, 5.74) is 4.46. The second-order valence-corrected chi connectivity index (χ2v) is 7.24. The summed E-state index contributed by atoms with van der Waals surface area (Å²) in [7, 11) is 0. The molecular weight excluding hydrogens is 320 g/mol. The molecule has 0 aliphatic carbocycles. The molecule has 0 fully saturated rings. The normalized spacial score (nSPS) is 11.3.